The predicted molar refractivity (Wildman–Crippen MR) is 101 cm³/mol. The zero-order chi connectivity index (χ0) is 19.1. The number of amides is 1. The molecule has 3 rings (SSSR count). The summed E-state index contributed by atoms with van der Waals surface area (Å²) in [6, 6.07) is 1.96. The molecule has 27 heavy (non-hydrogen) atoms. The topological polar surface area (TPSA) is 109 Å². The van der Waals surface area contributed by atoms with Gasteiger partial charge in [0.05, 0.1) is 11.7 Å². The first-order chi connectivity index (χ1) is 13.2. The molecule has 0 atom stereocenters. The molecule has 0 unspecified atom stereocenters. The van der Waals surface area contributed by atoms with Gasteiger partial charge in [0.15, 0.2) is 11.6 Å². The summed E-state index contributed by atoms with van der Waals surface area (Å²) in [5, 5.41) is 8.52. The summed E-state index contributed by atoms with van der Waals surface area (Å²) in [5.74, 6) is 1.19. The molecule has 0 aliphatic rings. The molecule has 0 aliphatic heterocycles. The van der Waals surface area contributed by atoms with Gasteiger partial charge in [0.1, 0.15) is 11.8 Å². The lowest BCUT2D eigenvalue weighted by molar-refractivity contribution is -0.129. The first-order valence-corrected chi connectivity index (χ1v) is 8.93. The van der Waals surface area contributed by atoms with Gasteiger partial charge in [-0.3, -0.25) is 15.0 Å². The van der Waals surface area contributed by atoms with Crippen molar-refractivity contribution in [2.24, 2.45) is 7.05 Å². The molecule has 0 saturated heterocycles. The van der Waals surface area contributed by atoms with Crippen LogP contribution in [0.5, 0.6) is 0 Å². The Hall–Kier alpha value is -3.07. The quantitative estimate of drug-likeness (QED) is 0.338. The van der Waals surface area contributed by atoms with E-state index in [-0.39, 0.29) is 5.91 Å². The van der Waals surface area contributed by atoms with Crippen LogP contribution in [0, 0.1) is 0 Å². The van der Waals surface area contributed by atoms with Crippen molar-refractivity contribution in [2.75, 3.05) is 11.4 Å². The molecule has 3 aromatic rings. The first kappa shape index (κ1) is 18.7. The van der Waals surface area contributed by atoms with E-state index < -0.39 is 0 Å². The average molecular weight is 369 g/mol. The molecule has 3 aromatic heterocycles. The number of nitrogens with zero attached hydrogens (tertiary/aromatic N) is 6. The van der Waals surface area contributed by atoms with E-state index in [9.17, 15) is 4.79 Å². The monoisotopic (exact) mass is 369 g/mol. The molecule has 0 spiro atoms. The van der Waals surface area contributed by atoms with Crippen molar-refractivity contribution >= 4 is 28.6 Å². The van der Waals surface area contributed by atoms with Crippen LogP contribution in [0.15, 0.2) is 37.2 Å². The van der Waals surface area contributed by atoms with Crippen molar-refractivity contribution in [3.63, 3.8) is 0 Å². The predicted octanol–water partition coefficient (Wildman–Crippen LogP) is 2.35. The number of hydrogen-bond acceptors (Lipinski definition) is 7. The Kier molecular flexibility index (Phi) is 6.26. The summed E-state index contributed by atoms with van der Waals surface area (Å²) >= 11 is 0. The highest BCUT2D eigenvalue weighted by atomic mass is 16.5. The largest absolute Gasteiger partial charge is 0.346 e. The van der Waals surface area contributed by atoms with Gasteiger partial charge in [-0.05, 0) is 18.9 Å². The zero-order valence-corrected chi connectivity index (χ0v) is 15.2. The summed E-state index contributed by atoms with van der Waals surface area (Å²) in [4.78, 5) is 30.6. The molecular weight excluding hydrogens is 346 g/mol. The van der Waals surface area contributed by atoms with Gasteiger partial charge in [-0.2, -0.15) is 0 Å². The first-order valence-electron chi connectivity index (χ1n) is 8.93. The van der Waals surface area contributed by atoms with Crippen LogP contribution in [0.3, 0.4) is 0 Å². The Morgan fingerprint density at radius 2 is 2.04 bits per heavy atom. The molecule has 1 amide bonds. The number of aromatic nitrogens is 5. The van der Waals surface area contributed by atoms with Crippen LogP contribution in [0.25, 0.3) is 11.0 Å². The third kappa shape index (κ3) is 4.56. The number of rotatable bonds is 9. The minimum absolute atomic E-state index is 0.334. The van der Waals surface area contributed by atoms with Gasteiger partial charge < -0.3 is 9.47 Å². The number of anilines is 2. The summed E-state index contributed by atoms with van der Waals surface area (Å²) < 4.78 is 2.00. The number of hydrogen-bond donors (Lipinski definition) is 2. The van der Waals surface area contributed by atoms with Gasteiger partial charge in [-0.15, -0.1) is 0 Å². The Morgan fingerprint density at radius 3 is 2.81 bits per heavy atom. The van der Waals surface area contributed by atoms with Crippen molar-refractivity contribution in [2.45, 2.75) is 32.1 Å². The van der Waals surface area contributed by atoms with Crippen LogP contribution in [0.1, 0.15) is 32.1 Å². The van der Waals surface area contributed by atoms with E-state index in [1.807, 2.05) is 23.9 Å². The van der Waals surface area contributed by atoms with Gasteiger partial charge in [0.2, 0.25) is 5.91 Å². The minimum atomic E-state index is -0.344. The summed E-state index contributed by atoms with van der Waals surface area (Å²) in [6.45, 7) is 0.724. The molecule has 9 nitrogen and oxygen atoms in total. The van der Waals surface area contributed by atoms with Gasteiger partial charge in [0, 0.05) is 38.6 Å². The molecule has 0 radical (unpaired) electrons. The summed E-state index contributed by atoms with van der Waals surface area (Å²) in [5.41, 5.74) is 3.49. The molecule has 0 fully saturated rings. The number of hydroxylamine groups is 1. The highest BCUT2D eigenvalue weighted by Crippen LogP contribution is 2.28. The highest BCUT2D eigenvalue weighted by molar-refractivity contribution is 5.88. The second-order valence-corrected chi connectivity index (χ2v) is 6.27. The van der Waals surface area contributed by atoms with Crippen molar-refractivity contribution < 1.29 is 10.0 Å². The fourth-order valence-electron chi connectivity index (χ4n) is 3.02. The van der Waals surface area contributed by atoms with E-state index in [4.69, 9.17) is 5.21 Å². The SMILES string of the molecule is Cn1ccc2ncnc(N(CCCCCCC(=O)NO)c3cnccn3)c21. The van der Waals surface area contributed by atoms with Gasteiger partial charge in [0.25, 0.3) is 0 Å². The Labute approximate surface area is 157 Å². The third-order valence-electron chi connectivity index (χ3n) is 4.38. The van der Waals surface area contributed by atoms with E-state index in [0.29, 0.717) is 6.42 Å². The normalized spacial score (nSPS) is 10.9. The van der Waals surface area contributed by atoms with E-state index in [2.05, 4.69) is 24.8 Å². The number of nitrogens with one attached hydrogen (secondary N) is 1. The lowest BCUT2D eigenvalue weighted by Gasteiger charge is -2.23. The zero-order valence-electron chi connectivity index (χ0n) is 15.2. The molecular formula is C18H23N7O2. The van der Waals surface area contributed by atoms with Crippen LogP contribution >= 0.6 is 0 Å². The number of unbranched alkanes of at least 4 members (excludes halogenated alkanes) is 3. The maximum atomic E-state index is 11.1. The van der Waals surface area contributed by atoms with Gasteiger partial charge in [-0.25, -0.2) is 20.4 Å². The Bertz CT molecular complexity index is 882. The number of aryl methyl sites for hydroxylation is 1. The molecule has 2 N–H and O–H groups in total. The van der Waals surface area contributed by atoms with Gasteiger partial charge >= 0.3 is 0 Å². The number of carbonyl (C=O) groups excluding carboxylic acids is 1. The van der Waals surface area contributed by atoms with E-state index in [1.165, 1.54) is 0 Å². The van der Waals surface area contributed by atoms with Crippen molar-refractivity contribution in [1.82, 2.24) is 30.0 Å². The molecule has 3 heterocycles. The van der Waals surface area contributed by atoms with Crippen LogP contribution < -0.4 is 10.4 Å². The van der Waals surface area contributed by atoms with E-state index in [0.717, 1.165) is 54.9 Å². The number of fused-ring (bicyclic) bond motifs is 1. The Balaban J connectivity index is 1.73. The Morgan fingerprint density at radius 1 is 1.19 bits per heavy atom. The van der Waals surface area contributed by atoms with Crippen molar-refractivity contribution in [1.29, 1.82) is 0 Å². The van der Waals surface area contributed by atoms with Crippen LogP contribution in [0.2, 0.25) is 0 Å². The average Bonchev–Trinajstić information content (AvgIpc) is 3.09. The summed E-state index contributed by atoms with van der Waals surface area (Å²) in [7, 11) is 1.97. The molecule has 0 saturated carbocycles. The van der Waals surface area contributed by atoms with E-state index >= 15 is 0 Å². The standard InChI is InChI=1S/C18H23N7O2/c1-24-11-7-14-17(24)18(22-13-21-14)25(15-12-19-8-9-20-15)10-5-3-2-4-6-16(26)23-27/h7-9,11-13,27H,2-6,10H2,1H3,(H,23,26). The van der Waals surface area contributed by atoms with Crippen LogP contribution in [-0.4, -0.2) is 42.2 Å². The second-order valence-electron chi connectivity index (χ2n) is 6.27. The molecule has 142 valence electrons. The fraction of sp³-hybridized carbons (Fsp3) is 0.389. The summed E-state index contributed by atoms with van der Waals surface area (Å²) in [6.07, 6.45) is 12.4. The lowest BCUT2D eigenvalue weighted by Crippen LogP contribution is -2.22. The lowest BCUT2D eigenvalue weighted by atomic mass is 10.1. The second kappa shape index (κ2) is 9.04. The third-order valence-corrected chi connectivity index (χ3v) is 4.38. The van der Waals surface area contributed by atoms with Crippen molar-refractivity contribution in [3.8, 4) is 0 Å². The number of carbonyl (C=O) groups is 1. The van der Waals surface area contributed by atoms with Crippen LogP contribution in [0.4, 0.5) is 11.6 Å². The van der Waals surface area contributed by atoms with Crippen molar-refractivity contribution in [3.05, 3.63) is 37.2 Å². The molecule has 0 aliphatic carbocycles. The molecule has 9 heteroatoms. The molecule has 0 bridgehead atoms. The van der Waals surface area contributed by atoms with Crippen LogP contribution in [-0.2, 0) is 11.8 Å². The maximum absolute atomic E-state index is 11.1. The van der Waals surface area contributed by atoms with Gasteiger partial charge in [-0.1, -0.05) is 12.8 Å². The van der Waals surface area contributed by atoms with E-state index in [1.54, 1.807) is 30.4 Å². The fourth-order valence-corrected chi connectivity index (χ4v) is 3.02. The smallest absolute Gasteiger partial charge is 0.243 e. The highest BCUT2D eigenvalue weighted by Gasteiger charge is 2.17. The maximum Gasteiger partial charge on any atom is 0.243 e. The minimum Gasteiger partial charge on any atom is -0.346 e. The molecule has 0 aromatic carbocycles.